The molecule has 3 aromatic rings. The molecule has 1 aliphatic heterocycles. The predicted octanol–water partition coefficient (Wildman–Crippen LogP) is 3.75. The van der Waals surface area contributed by atoms with Crippen molar-refractivity contribution in [2.45, 2.75) is 11.1 Å². The number of carbonyl (C=O) groups is 2. The fraction of sp³-hybridized carbons (Fsp3) is 0.0526. The number of halogens is 4. The second kappa shape index (κ2) is 7.57. The van der Waals surface area contributed by atoms with Gasteiger partial charge in [0.05, 0.1) is 50.4 Å². The van der Waals surface area contributed by atoms with Crippen LogP contribution in [0.15, 0.2) is 60.0 Å². The highest BCUT2D eigenvalue weighted by Gasteiger charge is 2.41. The molecule has 0 saturated carbocycles. The molecule has 13 heteroatoms. The van der Waals surface area contributed by atoms with Crippen LogP contribution in [0.3, 0.4) is 0 Å². The molecule has 32 heavy (non-hydrogen) atoms. The smallest absolute Gasteiger partial charge is 0.279 e. The van der Waals surface area contributed by atoms with Gasteiger partial charge < -0.3 is 0 Å². The quantitative estimate of drug-likeness (QED) is 0.567. The Bertz CT molecular complexity index is 1350. The Kier molecular flexibility index (Phi) is 5.13. The summed E-state index contributed by atoms with van der Waals surface area (Å²) in [6.45, 7) is 0. The average Bonchev–Trinajstić information content (AvgIpc) is 3.01. The van der Waals surface area contributed by atoms with Gasteiger partial charge >= 0.3 is 6.18 Å². The molecule has 0 aliphatic carbocycles. The Labute approximate surface area is 183 Å². The van der Waals surface area contributed by atoms with Gasteiger partial charge in [-0.2, -0.15) is 13.2 Å². The molecule has 8 nitrogen and oxygen atoms in total. The zero-order chi connectivity index (χ0) is 23.3. The van der Waals surface area contributed by atoms with Crippen molar-refractivity contribution in [2.75, 3.05) is 9.62 Å². The maximum absolute atomic E-state index is 13.0. The minimum Gasteiger partial charge on any atom is -0.279 e. The molecule has 0 radical (unpaired) electrons. The Morgan fingerprint density at radius 1 is 0.906 bits per heavy atom. The summed E-state index contributed by atoms with van der Waals surface area (Å²) in [6, 6.07) is 5.20. The van der Waals surface area contributed by atoms with Crippen molar-refractivity contribution in [1.82, 2.24) is 9.97 Å². The van der Waals surface area contributed by atoms with E-state index in [0.29, 0.717) is 12.1 Å². The van der Waals surface area contributed by atoms with Gasteiger partial charge in [-0.3, -0.25) is 14.3 Å². The number of aromatic nitrogens is 2. The van der Waals surface area contributed by atoms with Crippen LogP contribution in [0, 0.1) is 0 Å². The fourth-order valence-electron chi connectivity index (χ4n) is 3.08. The number of sulfonamides is 1. The number of anilines is 2. The van der Waals surface area contributed by atoms with Gasteiger partial charge in [0.2, 0.25) is 0 Å². The Morgan fingerprint density at radius 2 is 1.50 bits per heavy atom. The summed E-state index contributed by atoms with van der Waals surface area (Å²) in [4.78, 5) is 33.6. The van der Waals surface area contributed by atoms with E-state index in [1.165, 1.54) is 30.9 Å². The third kappa shape index (κ3) is 3.67. The van der Waals surface area contributed by atoms with E-state index in [1.807, 2.05) is 0 Å². The van der Waals surface area contributed by atoms with Gasteiger partial charge in [0.25, 0.3) is 21.8 Å². The molecule has 0 atom stereocenters. The average molecular weight is 483 g/mol. The maximum Gasteiger partial charge on any atom is 0.416 e. The standard InChI is InChI=1S/C19H10ClF3N4O4S/c20-13-5-6-14(26-32(30,31)12-3-1-10(2-4-12)19(21,22)23)16-15(13)17(28)27(18(16)29)11-7-24-9-25-8-11/h1-9,26H. The molecule has 1 aliphatic rings. The molecule has 0 fully saturated rings. The molecule has 4 rings (SSSR count). The molecule has 0 bridgehead atoms. The van der Waals surface area contributed by atoms with E-state index in [2.05, 4.69) is 14.7 Å². The lowest BCUT2D eigenvalue weighted by atomic mass is 10.1. The topological polar surface area (TPSA) is 109 Å². The van der Waals surface area contributed by atoms with Crippen LogP contribution >= 0.6 is 11.6 Å². The number of fused-ring (bicyclic) bond motifs is 1. The summed E-state index contributed by atoms with van der Waals surface area (Å²) >= 11 is 6.09. The number of hydrogen-bond acceptors (Lipinski definition) is 6. The van der Waals surface area contributed by atoms with Gasteiger partial charge in [-0.15, -0.1) is 0 Å². The first kappa shape index (κ1) is 21.7. The molecule has 2 aromatic carbocycles. The van der Waals surface area contributed by atoms with Crippen molar-refractivity contribution in [3.05, 3.63) is 76.8 Å². The van der Waals surface area contributed by atoms with Crippen molar-refractivity contribution < 1.29 is 31.2 Å². The van der Waals surface area contributed by atoms with Gasteiger partial charge in [-0.1, -0.05) is 11.6 Å². The second-order valence-electron chi connectivity index (χ2n) is 6.51. The number of rotatable bonds is 4. The number of amides is 2. The normalized spacial score (nSPS) is 13.9. The number of alkyl halides is 3. The van der Waals surface area contributed by atoms with E-state index in [9.17, 15) is 31.2 Å². The van der Waals surface area contributed by atoms with Gasteiger partial charge in [-0.05, 0) is 36.4 Å². The highest BCUT2D eigenvalue weighted by atomic mass is 35.5. The second-order valence-corrected chi connectivity index (χ2v) is 8.60. The fourth-order valence-corrected chi connectivity index (χ4v) is 4.39. The lowest BCUT2D eigenvalue weighted by Gasteiger charge is -2.13. The van der Waals surface area contributed by atoms with Crippen LogP contribution in [-0.2, 0) is 16.2 Å². The lowest BCUT2D eigenvalue weighted by Crippen LogP contribution is -2.29. The zero-order valence-electron chi connectivity index (χ0n) is 15.6. The number of benzene rings is 2. The van der Waals surface area contributed by atoms with Gasteiger partial charge in [0, 0.05) is 0 Å². The summed E-state index contributed by atoms with van der Waals surface area (Å²) < 4.78 is 65.8. The van der Waals surface area contributed by atoms with Crippen LogP contribution in [0.1, 0.15) is 26.3 Å². The minimum absolute atomic E-state index is 0.0475. The van der Waals surface area contributed by atoms with Crippen molar-refractivity contribution in [2.24, 2.45) is 0 Å². The van der Waals surface area contributed by atoms with Crippen molar-refractivity contribution in [3.63, 3.8) is 0 Å². The molecule has 0 unspecified atom stereocenters. The van der Waals surface area contributed by atoms with Crippen LogP contribution in [0.2, 0.25) is 5.02 Å². The number of nitrogens with zero attached hydrogens (tertiary/aromatic N) is 3. The van der Waals surface area contributed by atoms with E-state index in [0.717, 1.165) is 17.0 Å². The predicted molar refractivity (Wildman–Crippen MR) is 107 cm³/mol. The van der Waals surface area contributed by atoms with Crippen molar-refractivity contribution in [3.8, 4) is 0 Å². The Morgan fingerprint density at radius 3 is 2.09 bits per heavy atom. The number of carbonyl (C=O) groups excluding carboxylic acids is 2. The third-order valence-corrected chi connectivity index (χ3v) is 6.23. The lowest BCUT2D eigenvalue weighted by molar-refractivity contribution is -0.137. The number of hydrogen-bond donors (Lipinski definition) is 1. The molecule has 1 aromatic heterocycles. The third-order valence-electron chi connectivity index (χ3n) is 4.53. The van der Waals surface area contributed by atoms with Gasteiger partial charge in [-0.25, -0.2) is 23.3 Å². The van der Waals surface area contributed by atoms with Crippen LogP contribution < -0.4 is 9.62 Å². The van der Waals surface area contributed by atoms with Crippen molar-refractivity contribution in [1.29, 1.82) is 0 Å². The van der Waals surface area contributed by atoms with Gasteiger partial charge in [0.1, 0.15) is 6.33 Å². The Balaban J connectivity index is 1.74. The van der Waals surface area contributed by atoms with E-state index < -0.39 is 38.5 Å². The summed E-state index contributed by atoms with van der Waals surface area (Å²) in [5.41, 5.74) is -1.77. The molecular weight excluding hydrogens is 473 g/mol. The maximum atomic E-state index is 13.0. The van der Waals surface area contributed by atoms with Crippen LogP contribution in [0.5, 0.6) is 0 Å². The molecule has 164 valence electrons. The zero-order valence-corrected chi connectivity index (χ0v) is 17.2. The highest BCUT2D eigenvalue weighted by Crippen LogP contribution is 2.37. The van der Waals surface area contributed by atoms with E-state index >= 15 is 0 Å². The SMILES string of the molecule is O=C1c2c(Cl)ccc(NS(=O)(=O)c3ccc(C(F)(F)F)cc3)c2C(=O)N1c1cncnc1. The molecule has 1 N–H and O–H groups in total. The first-order valence-electron chi connectivity index (χ1n) is 8.67. The van der Waals surface area contributed by atoms with E-state index in [1.54, 1.807) is 0 Å². The minimum atomic E-state index is -4.63. The highest BCUT2D eigenvalue weighted by molar-refractivity contribution is 7.92. The largest absolute Gasteiger partial charge is 0.416 e. The van der Waals surface area contributed by atoms with E-state index in [4.69, 9.17) is 11.6 Å². The Hall–Kier alpha value is -3.51. The summed E-state index contributed by atoms with van der Waals surface area (Å²) in [7, 11) is -4.40. The molecule has 0 spiro atoms. The first-order chi connectivity index (χ1) is 15.0. The molecular formula is C19H10ClF3N4O4S. The van der Waals surface area contributed by atoms with Gasteiger partial charge in [0.15, 0.2) is 0 Å². The van der Waals surface area contributed by atoms with Crippen LogP contribution in [0.25, 0.3) is 0 Å². The number of nitrogens with one attached hydrogen (secondary N) is 1. The summed E-state index contributed by atoms with van der Waals surface area (Å²) in [6.07, 6.45) is -1.01. The number of imide groups is 1. The molecule has 2 amide bonds. The van der Waals surface area contributed by atoms with Crippen LogP contribution in [0.4, 0.5) is 24.5 Å². The molecule has 2 heterocycles. The summed E-state index contributed by atoms with van der Waals surface area (Å²) in [5, 5.41) is -0.0878. The van der Waals surface area contributed by atoms with E-state index in [-0.39, 0.29) is 27.5 Å². The summed E-state index contributed by atoms with van der Waals surface area (Å²) in [5.74, 6) is -1.67. The van der Waals surface area contributed by atoms with Crippen LogP contribution in [-0.4, -0.2) is 30.2 Å². The van der Waals surface area contributed by atoms with Crippen molar-refractivity contribution >= 4 is 44.8 Å². The molecule has 0 saturated heterocycles. The monoisotopic (exact) mass is 482 g/mol. The first-order valence-corrected chi connectivity index (χ1v) is 10.5.